The third kappa shape index (κ3) is 3.30. The van der Waals surface area contributed by atoms with E-state index in [0.29, 0.717) is 21.9 Å². The summed E-state index contributed by atoms with van der Waals surface area (Å²) in [6.07, 6.45) is 0. The Morgan fingerprint density at radius 2 is 2.04 bits per heavy atom. The van der Waals surface area contributed by atoms with Gasteiger partial charge in [-0.2, -0.15) is 5.21 Å². The van der Waals surface area contributed by atoms with Gasteiger partial charge in [0.05, 0.1) is 17.8 Å². The molecule has 3 heterocycles. The van der Waals surface area contributed by atoms with E-state index >= 15 is 0 Å². The molecule has 1 aromatic carbocycles. The lowest BCUT2D eigenvalue weighted by atomic mass is 10.1. The van der Waals surface area contributed by atoms with Gasteiger partial charge >= 0.3 is 0 Å². The van der Waals surface area contributed by atoms with Gasteiger partial charge in [0.15, 0.2) is 3.95 Å². The first-order valence-electron chi connectivity index (χ1n) is 7.30. The van der Waals surface area contributed by atoms with Crippen molar-refractivity contribution in [2.75, 3.05) is 0 Å². The van der Waals surface area contributed by atoms with Crippen molar-refractivity contribution >= 4 is 39.8 Å². The molecule has 0 unspecified atom stereocenters. The van der Waals surface area contributed by atoms with Gasteiger partial charge in [-0.25, -0.2) is 4.98 Å². The topological polar surface area (TPSA) is 112 Å². The number of thiazole rings is 1. The number of aromatic amines is 2. The standard InChI is InChI=1S/C15H11N7OS2/c23-13(9-3-1-8(2-4-9)12-19-21-22-20-12)16-7-10-5-6-11-14(17-10)25-15(24)18-11/h1-6H,7H2,(H,16,23)(H,18,24)(H,19,20,21,22). The van der Waals surface area contributed by atoms with Crippen LogP contribution in [0.4, 0.5) is 0 Å². The zero-order valence-electron chi connectivity index (χ0n) is 12.7. The molecule has 0 aliphatic heterocycles. The maximum atomic E-state index is 12.3. The van der Waals surface area contributed by atoms with Crippen LogP contribution in [0.5, 0.6) is 0 Å². The second-order valence-corrected chi connectivity index (χ2v) is 6.83. The number of aromatic nitrogens is 6. The van der Waals surface area contributed by atoms with E-state index in [2.05, 4.69) is 35.9 Å². The van der Waals surface area contributed by atoms with Crippen LogP contribution in [0.25, 0.3) is 21.7 Å². The second-order valence-electron chi connectivity index (χ2n) is 5.17. The third-order valence-corrected chi connectivity index (χ3v) is 4.67. The van der Waals surface area contributed by atoms with Crippen molar-refractivity contribution in [2.45, 2.75) is 6.54 Å². The molecule has 8 nitrogen and oxygen atoms in total. The minimum Gasteiger partial charge on any atom is -0.346 e. The second kappa shape index (κ2) is 6.49. The van der Waals surface area contributed by atoms with E-state index in [-0.39, 0.29) is 5.91 Å². The predicted molar refractivity (Wildman–Crippen MR) is 95.6 cm³/mol. The molecule has 10 heteroatoms. The highest BCUT2D eigenvalue weighted by atomic mass is 32.1. The Labute approximate surface area is 150 Å². The van der Waals surface area contributed by atoms with E-state index in [1.54, 1.807) is 24.3 Å². The average molecular weight is 369 g/mol. The van der Waals surface area contributed by atoms with Crippen LogP contribution in [0, 0.1) is 3.95 Å². The van der Waals surface area contributed by atoms with E-state index in [9.17, 15) is 4.79 Å². The minimum absolute atomic E-state index is 0.178. The summed E-state index contributed by atoms with van der Waals surface area (Å²) in [4.78, 5) is 20.7. The zero-order chi connectivity index (χ0) is 17.2. The number of H-pyrrole nitrogens is 2. The Morgan fingerprint density at radius 1 is 1.20 bits per heavy atom. The van der Waals surface area contributed by atoms with E-state index in [0.717, 1.165) is 21.6 Å². The number of nitrogens with zero attached hydrogens (tertiary/aromatic N) is 4. The number of nitrogens with one attached hydrogen (secondary N) is 3. The lowest BCUT2D eigenvalue weighted by Gasteiger charge is -2.05. The van der Waals surface area contributed by atoms with Gasteiger partial charge in [0.2, 0.25) is 5.82 Å². The Kier molecular flexibility index (Phi) is 4.04. The molecule has 0 atom stereocenters. The number of hydrogen-bond donors (Lipinski definition) is 3. The Hall–Kier alpha value is -2.98. The van der Waals surface area contributed by atoms with Gasteiger partial charge in [0.25, 0.3) is 5.91 Å². The molecule has 0 aliphatic carbocycles. The summed E-state index contributed by atoms with van der Waals surface area (Å²) in [5.41, 5.74) is 3.01. The molecule has 0 radical (unpaired) electrons. The van der Waals surface area contributed by atoms with Gasteiger partial charge < -0.3 is 10.3 Å². The summed E-state index contributed by atoms with van der Waals surface area (Å²) >= 11 is 6.52. The molecule has 3 aromatic heterocycles. The Morgan fingerprint density at radius 3 is 2.80 bits per heavy atom. The van der Waals surface area contributed by atoms with E-state index in [1.807, 2.05) is 12.1 Å². The van der Waals surface area contributed by atoms with Gasteiger partial charge in [0, 0.05) is 11.1 Å². The van der Waals surface area contributed by atoms with Crippen molar-refractivity contribution in [3.63, 3.8) is 0 Å². The van der Waals surface area contributed by atoms with E-state index in [1.165, 1.54) is 11.3 Å². The molecule has 1 amide bonds. The first-order chi connectivity index (χ1) is 12.2. The zero-order valence-corrected chi connectivity index (χ0v) is 14.3. The van der Waals surface area contributed by atoms with Crippen LogP contribution in [0.2, 0.25) is 0 Å². The van der Waals surface area contributed by atoms with Gasteiger partial charge in [-0.05, 0) is 41.7 Å². The van der Waals surface area contributed by atoms with Crippen molar-refractivity contribution in [3.8, 4) is 11.4 Å². The number of rotatable bonds is 4. The van der Waals surface area contributed by atoms with Crippen molar-refractivity contribution in [1.82, 2.24) is 35.9 Å². The monoisotopic (exact) mass is 369 g/mol. The van der Waals surface area contributed by atoms with Crippen LogP contribution < -0.4 is 5.32 Å². The maximum absolute atomic E-state index is 12.3. The number of amides is 1. The number of tetrazole rings is 1. The molecule has 4 aromatic rings. The normalized spacial score (nSPS) is 10.9. The summed E-state index contributed by atoms with van der Waals surface area (Å²) in [5.74, 6) is 0.307. The molecule has 124 valence electrons. The van der Waals surface area contributed by atoms with Crippen LogP contribution >= 0.6 is 23.6 Å². The highest BCUT2D eigenvalue weighted by Crippen LogP contribution is 2.17. The number of carbonyl (C=O) groups excluding carboxylic acids is 1. The van der Waals surface area contributed by atoms with Crippen LogP contribution in [-0.2, 0) is 6.54 Å². The Balaban J connectivity index is 1.45. The fourth-order valence-electron chi connectivity index (χ4n) is 2.30. The lowest BCUT2D eigenvalue weighted by Crippen LogP contribution is -2.23. The van der Waals surface area contributed by atoms with Crippen LogP contribution in [0.15, 0.2) is 36.4 Å². The fraction of sp³-hybridized carbons (Fsp3) is 0.0667. The van der Waals surface area contributed by atoms with E-state index in [4.69, 9.17) is 12.2 Å². The lowest BCUT2D eigenvalue weighted by molar-refractivity contribution is 0.0950. The smallest absolute Gasteiger partial charge is 0.251 e. The van der Waals surface area contributed by atoms with Gasteiger partial charge in [-0.15, -0.1) is 10.2 Å². The molecule has 0 saturated heterocycles. The van der Waals surface area contributed by atoms with Crippen molar-refractivity contribution < 1.29 is 4.79 Å². The largest absolute Gasteiger partial charge is 0.346 e. The number of hydrogen-bond acceptors (Lipinski definition) is 7. The number of fused-ring (bicyclic) bond motifs is 1. The summed E-state index contributed by atoms with van der Waals surface area (Å²) in [7, 11) is 0. The predicted octanol–water partition coefficient (Wildman–Crippen LogP) is 2.46. The number of benzene rings is 1. The molecule has 3 N–H and O–H groups in total. The first-order valence-corrected chi connectivity index (χ1v) is 8.52. The molecule has 0 saturated carbocycles. The molecule has 0 fully saturated rings. The summed E-state index contributed by atoms with van der Waals surface area (Å²) in [6.45, 7) is 0.339. The fourth-order valence-corrected chi connectivity index (χ4v) is 3.38. The minimum atomic E-state index is -0.178. The molecule has 4 rings (SSSR count). The summed E-state index contributed by atoms with van der Waals surface area (Å²) in [5, 5.41) is 16.6. The van der Waals surface area contributed by atoms with Crippen LogP contribution in [0.1, 0.15) is 16.1 Å². The Bertz CT molecular complexity index is 1080. The third-order valence-electron chi connectivity index (χ3n) is 3.52. The highest BCUT2D eigenvalue weighted by Gasteiger charge is 2.08. The maximum Gasteiger partial charge on any atom is 0.251 e. The molecule has 0 spiro atoms. The molecule has 0 aliphatic rings. The SMILES string of the molecule is O=C(NCc1ccc2[nH]c(=S)sc2n1)c1ccc(-c2nn[nH]n2)cc1. The van der Waals surface area contributed by atoms with E-state index < -0.39 is 0 Å². The van der Waals surface area contributed by atoms with Crippen molar-refractivity contribution in [1.29, 1.82) is 0 Å². The number of pyridine rings is 1. The quantitative estimate of drug-likeness (QED) is 0.476. The van der Waals surface area contributed by atoms with Crippen molar-refractivity contribution in [2.24, 2.45) is 0 Å². The molecule has 0 bridgehead atoms. The molecule has 25 heavy (non-hydrogen) atoms. The molecular formula is C15H11N7OS2. The van der Waals surface area contributed by atoms with Gasteiger partial charge in [0.1, 0.15) is 4.83 Å². The van der Waals surface area contributed by atoms with Crippen LogP contribution in [-0.4, -0.2) is 36.5 Å². The summed E-state index contributed by atoms with van der Waals surface area (Å²) in [6, 6.07) is 10.8. The average Bonchev–Trinajstić information content (AvgIpc) is 3.28. The van der Waals surface area contributed by atoms with Gasteiger partial charge in [-0.1, -0.05) is 23.5 Å². The molecular weight excluding hydrogens is 358 g/mol. The van der Waals surface area contributed by atoms with Gasteiger partial charge in [-0.3, -0.25) is 4.79 Å². The van der Waals surface area contributed by atoms with Crippen molar-refractivity contribution in [3.05, 3.63) is 51.6 Å². The number of carbonyl (C=O) groups is 1. The summed E-state index contributed by atoms with van der Waals surface area (Å²) < 4.78 is 0.686. The highest BCUT2D eigenvalue weighted by molar-refractivity contribution is 7.73. The first kappa shape index (κ1) is 15.5. The van der Waals surface area contributed by atoms with Crippen LogP contribution in [0.3, 0.4) is 0 Å².